The summed E-state index contributed by atoms with van der Waals surface area (Å²) < 4.78 is 5.98. The first-order valence-corrected chi connectivity index (χ1v) is 6.79. The number of cyclic esters (lactones) is 1. The molecule has 5 heteroatoms. The summed E-state index contributed by atoms with van der Waals surface area (Å²) in [7, 11) is 2.06. The number of ether oxygens (including phenoxy) is 1. The van der Waals surface area contributed by atoms with Crippen LogP contribution in [-0.2, 0) is 11.3 Å². The second-order valence-corrected chi connectivity index (χ2v) is 5.38. The molecular formula is C13H17BrN2O2. The van der Waals surface area contributed by atoms with Crippen LogP contribution in [0.1, 0.15) is 5.56 Å². The van der Waals surface area contributed by atoms with Gasteiger partial charge in [-0.05, 0) is 24.7 Å². The van der Waals surface area contributed by atoms with Crippen LogP contribution in [0.3, 0.4) is 0 Å². The van der Waals surface area contributed by atoms with E-state index in [4.69, 9.17) is 4.74 Å². The predicted molar refractivity (Wildman–Crippen MR) is 73.4 cm³/mol. The van der Waals surface area contributed by atoms with E-state index in [1.54, 1.807) is 4.90 Å². The largest absolute Gasteiger partial charge is 0.448 e. The number of hydrogen-bond acceptors (Lipinski definition) is 3. The summed E-state index contributed by atoms with van der Waals surface area (Å²) in [6.45, 7) is 3.70. The van der Waals surface area contributed by atoms with Crippen LogP contribution in [0.5, 0.6) is 0 Å². The third-order valence-corrected chi connectivity index (χ3v) is 3.49. The first kappa shape index (κ1) is 13.4. The molecule has 1 saturated heterocycles. The van der Waals surface area contributed by atoms with E-state index < -0.39 is 0 Å². The summed E-state index contributed by atoms with van der Waals surface area (Å²) in [4.78, 5) is 15.2. The molecule has 98 valence electrons. The number of carbonyl (C=O) groups excluding carboxylic acids is 1. The first-order chi connectivity index (χ1) is 8.65. The van der Waals surface area contributed by atoms with Crippen molar-refractivity contribution in [1.29, 1.82) is 0 Å². The second-order valence-electron chi connectivity index (χ2n) is 4.47. The maximum absolute atomic E-state index is 11.3. The van der Waals surface area contributed by atoms with Crippen molar-refractivity contribution in [3.8, 4) is 0 Å². The minimum atomic E-state index is -0.188. The van der Waals surface area contributed by atoms with Crippen LogP contribution in [0.25, 0.3) is 0 Å². The Kier molecular flexibility index (Phi) is 4.60. The van der Waals surface area contributed by atoms with Crippen molar-refractivity contribution in [3.63, 3.8) is 0 Å². The minimum absolute atomic E-state index is 0.188. The van der Waals surface area contributed by atoms with Crippen molar-refractivity contribution in [1.82, 2.24) is 9.80 Å². The van der Waals surface area contributed by atoms with Gasteiger partial charge in [0.1, 0.15) is 6.61 Å². The monoisotopic (exact) mass is 312 g/mol. The van der Waals surface area contributed by atoms with Gasteiger partial charge in [-0.1, -0.05) is 28.1 Å². The topological polar surface area (TPSA) is 32.8 Å². The Morgan fingerprint density at radius 1 is 1.39 bits per heavy atom. The molecule has 4 nitrogen and oxygen atoms in total. The Labute approximate surface area is 116 Å². The molecule has 0 spiro atoms. The van der Waals surface area contributed by atoms with Gasteiger partial charge in [0.25, 0.3) is 0 Å². The molecule has 18 heavy (non-hydrogen) atoms. The number of halogens is 1. The van der Waals surface area contributed by atoms with Crippen LogP contribution in [0.2, 0.25) is 0 Å². The van der Waals surface area contributed by atoms with E-state index in [2.05, 4.69) is 40.0 Å². The summed E-state index contributed by atoms with van der Waals surface area (Å²) in [5.41, 5.74) is 1.27. The lowest BCUT2D eigenvalue weighted by atomic mass is 10.2. The zero-order chi connectivity index (χ0) is 13.0. The number of benzene rings is 1. The van der Waals surface area contributed by atoms with Gasteiger partial charge in [0.05, 0.1) is 6.54 Å². The Morgan fingerprint density at radius 2 is 2.11 bits per heavy atom. The van der Waals surface area contributed by atoms with Crippen molar-refractivity contribution in [2.24, 2.45) is 0 Å². The van der Waals surface area contributed by atoms with Crippen LogP contribution < -0.4 is 0 Å². The molecule has 0 atom stereocenters. The molecule has 0 radical (unpaired) electrons. The zero-order valence-corrected chi connectivity index (χ0v) is 12.0. The highest BCUT2D eigenvalue weighted by Gasteiger charge is 2.21. The smallest absolute Gasteiger partial charge is 0.409 e. The van der Waals surface area contributed by atoms with Gasteiger partial charge in [-0.2, -0.15) is 0 Å². The van der Waals surface area contributed by atoms with E-state index in [0.29, 0.717) is 13.2 Å². The molecular weight excluding hydrogens is 296 g/mol. The molecule has 1 aliphatic rings. The predicted octanol–water partition coefficient (Wildman–Crippen LogP) is 2.33. The van der Waals surface area contributed by atoms with Gasteiger partial charge in [-0.15, -0.1) is 0 Å². The lowest BCUT2D eigenvalue weighted by Crippen LogP contribution is -2.33. The van der Waals surface area contributed by atoms with Crippen molar-refractivity contribution >= 4 is 22.0 Å². The van der Waals surface area contributed by atoms with Crippen molar-refractivity contribution < 1.29 is 9.53 Å². The Balaban J connectivity index is 1.76. The van der Waals surface area contributed by atoms with E-state index >= 15 is 0 Å². The molecule has 0 unspecified atom stereocenters. The fourth-order valence-electron chi connectivity index (χ4n) is 1.90. The summed E-state index contributed by atoms with van der Waals surface area (Å²) in [6, 6.07) is 8.29. The van der Waals surface area contributed by atoms with Crippen molar-refractivity contribution in [3.05, 3.63) is 34.3 Å². The molecule has 0 bridgehead atoms. The normalized spacial score (nSPS) is 15.3. The number of rotatable bonds is 5. The fraction of sp³-hybridized carbons (Fsp3) is 0.462. The van der Waals surface area contributed by atoms with Gasteiger partial charge in [-0.25, -0.2) is 4.79 Å². The molecule has 1 aliphatic heterocycles. The van der Waals surface area contributed by atoms with Gasteiger partial charge in [0.2, 0.25) is 0 Å². The summed E-state index contributed by atoms with van der Waals surface area (Å²) in [6.07, 6.45) is -0.188. The quantitative estimate of drug-likeness (QED) is 0.836. The second kappa shape index (κ2) is 6.20. The number of carbonyl (C=O) groups is 1. The van der Waals surface area contributed by atoms with E-state index in [-0.39, 0.29) is 6.09 Å². The molecule has 2 rings (SSSR count). The van der Waals surface area contributed by atoms with E-state index in [9.17, 15) is 4.79 Å². The number of likely N-dealkylation sites (N-methyl/N-ethyl adjacent to an activating group) is 1. The Bertz CT molecular complexity index is 408. The highest BCUT2D eigenvalue weighted by Crippen LogP contribution is 2.12. The van der Waals surface area contributed by atoms with Gasteiger partial charge in [0, 0.05) is 24.1 Å². The van der Waals surface area contributed by atoms with Crippen LogP contribution in [0.15, 0.2) is 28.7 Å². The minimum Gasteiger partial charge on any atom is -0.448 e. The third kappa shape index (κ3) is 3.71. The average Bonchev–Trinajstić information content (AvgIpc) is 2.75. The molecule has 0 N–H and O–H groups in total. The number of hydrogen-bond donors (Lipinski definition) is 0. The van der Waals surface area contributed by atoms with Crippen LogP contribution in [0, 0.1) is 0 Å². The molecule has 1 aromatic carbocycles. The van der Waals surface area contributed by atoms with E-state index in [1.807, 2.05) is 12.1 Å². The molecule has 1 aromatic rings. The van der Waals surface area contributed by atoms with Crippen LogP contribution >= 0.6 is 15.9 Å². The summed E-state index contributed by atoms with van der Waals surface area (Å²) >= 11 is 3.42. The lowest BCUT2D eigenvalue weighted by Gasteiger charge is -2.20. The van der Waals surface area contributed by atoms with Crippen LogP contribution in [0.4, 0.5) is 4.79 Å². The number of amides is 1. The standard InChI is InChI=1S/C13H17BrN2O2/c1-15(6-7-16-8-9-18-13(16)17)10-11-2-4-12(14)5-3-11/h2-5H,6-10H2,1H3. The number of nitrogens with zero attached hydrogens (tertiary/aromatic N) is 2. The molecule has 0 aromatic heterocycles. The highest BCUT2D eigenvalue weighted by molar-refractivity contribution is 9.10. The van der Waals surface area contributed by atoms with Gasteiger partial charge in [0.15, 0.2) is 0 Å². The fourth-order valence-corrected chi connectivity index (χ4v) is 2.17. The maximum Gasteiger partial charge on any atom is 0.409 e. The lowest BCUT2D eigenvalue weighted by molar-refractivity contribution is 0.155. The Hall–Kier alpha value is -1.07. The van der Waals surface area contributed by atoms with E-state index in [0.717, 1.165) is 24.1 Å². The maximum atomic E-state index is 11.3. The van der Waals surface area contributed by atoms with Crippen LogP contribution in [-0.4, -0.2) is 49.2 Å². The summed E-state index contributed by atoms with van der Waals surface area (Å²) in [5, 5.41) is 0. The average molecular weight is 313 g/mol. The molecule has 1 fully saturated rings. The molecule has 0 saturated carbocycles. The first-order valence-electron chi connectivity index (χ1n) is 6.00. The van der Waals surface area contributed by atoms with Crippen molar-refractivity contribution in [2.75, 3.05) is 33.3 Å². The SMILES string of the molecule is CN(CCN1CCOC1=O)Cc1ccc(Br)cc1. The third-order valence-electron chi connectivity index (χ3n) is 2.96. The molecule has 1 heterocycles. The highest BCUT2D eigenvalue weighted by atomic mass is 79.9. The molecule has 0 aliphatic carbocycles. The van der Waals surface area contributed by atoms with Gasteiger partial charge >= 0.3 is 6.09 Å². The van der Waals surface area contributed by atoms with Crippen molar-refractivity contribution in [2.45, 2.75) is 6.54 Å². The van der Waals surface area contributed by atoms with Gasteiger partial charge < -0.3 is 14.5 Å². The Morgan fingerprint density at radius 3 is 2.72 bits per heavy atom. The zero-order valence-electron chi connectivity index (χ0n) is 10.4. The van der Waals surface area contributed by atoms with E-state index in [1.165, 1.54) is 5.56 Å². The summed E-state index contributed by atoms with van der Waals surface area (Å²) in [5.74, 6) is 0. The van der Waals surface area contributed by atoms with Gasteiger partial charge in [-0.3, -0.25) is 0 Å². The molecule has 1 amide bonds.